The summed E-state index contributed by atoms with van der Waals surface area (Å²) in [5.74, 6) is 0.489. The number of anilines is 1. The van der Waals surface area contributed by atoms with Crippen LogP contribution in [0.2, 0.25) is 0 Å². The minimum Gasteiger partial charge on any atom is -0.467 e. The summed E-state index contributed by atoms with van der Waals surface area (Å²) in [6.07, 6.45) is 1.56. The van der Waals surface area contributed by atoms with Crippen LogP contribution in [0.15, 0.2) is 55.9 Å². The molecule has 7 nitrogen and oxygen atoms in total. The molecule has 0 fully saturated rings. The number of thioether (sulfide) groups is 1. The highest BCUT2D eigenvalue weighted by molar-refractivity contribution is 9.10. The number of benzene rings is 1. The fourth-order valence-electron chi connectivity index (χ4n) is 1.89. The predicted molar refractivity (Wildman–Crippen MR) is 103 cm³/mol. The van der Waals surface area contributed by atoms with Crippen molar-refractivity contribution < 1.29 is 14.0 Å². The Morgan fingerprint density at radius 2 is 2.12 bits per heavy atom. The Bertz CT molecular complexity index is 899. The number of halogens is 1. The van der Waals surface area contributed by atoms with Crippen molar-refractivity contribution in [2.45, 2.75) is 10.9 Å². The van der Waals surface area contributed by atoms with Crippen molar-refractivity contribution in [3.05, 3.63) is 58.5 Å². The van der Waals surface area contributed by atoms with Gasteiger partial charge in [-0.1, -0.05) is 45.1 Å². The van der Waals surface area contributed by atoms with Gasteiger partial charge in [-0.3, -0.25) is 14.9 Å². The molecule has 0 aliphatic rings. The first-order valence-electron chi connectivity index (χ1n) is 7.42. The Balaban J connectivity index is 1.47. The summed E-state index contributed by atoms with van der Waals surface area (Å²) in [6, 6.07) is 10.6. The van der Waals surface area contributed by atoms with Crippen LogP contribution >= 0.6 is 39.0 Å². The molecule has 0 bridgehead atoms. The molecule has 2 heterocycles. The highest BCUT2D eigenvalue weighted by atomic mass is 79.9. The molecule has 1 aromatic carbocycles. The quantitative estimate of drug-likeness (QED) is 0.420. The lowest BCUT2D eigenvalue weighted by atomic mass is 10.2. The van der Waals surface area contributed by atoms with Gasteiger partial charge in [-0.15, -0.1) is 10.2 Å². The van der Waals surface area contributed by atoms with Crippen LogP contribution in [0.4, 0.5) is 5.13 Å². The summed E-state index contributed by atoms with van der Waals surface area (Å²) in [7, 11) is 0. The van der Waals surface area contributed by atoms with Gasteiger partial charge in [0.1, 0.15) is 5.76 Å². The minimum absolute atomic E-state index is 0.138. The number of carbonyl (C=O) groups excluding carboxylic acids is 2. The van der Waals surface area contributed by atoms with Crippen molar-refractivity contribution in [1.29, 1.82) is 0 Å². The number of carbonyl (C=O) groups is 2. The average Bonchev–Trinajstić information content (AvgIpc) is 3.30. The van der Waals surface area contributed by atoms with E-state index in [9.17, 15) is 9.59 Å². The maximum absolute atomic E-state index is 12.2. The molecule has 0 aliphatic heterocycles. The summed E-state index contributed by atoms with van der Waals surface area (Å²) in [6.45, 7) is 0.344. The lowest BCUT2D eigenvalue weighted by molar-refractivity contribution is -0.118. The predicted octanol–water partition coefficient (Wildman–Crippen LogP) is 3.55. The first-order valence-corrected chi connectivity index (χ1v) is 10.0. The average molecular weight is 453 g/mol. The van der Waals surface area contributed by atoms with Gasteiger partial charge in [0.05, 0.1) is 18.6 Å². The molecule has 0 spiro atoms. The molecule has 0 saturated carbocycles. The Labute approximate surface area is 165 Å². The minimum atomic E-state index is -0.268. The molecular weight excluding hydrogens is 440 g/mol. The Morgan fingerprint density at radius 1 is 1.23 bits per heavy atom. The van der Waals surface area contributed by atoms with Crippen LogP contribution < -0.4 is 10.6 Å². The number of nitrogens with zero attached hydrogens (tertiary/aromatic N) is 2. The Hall–Kier alpha value is -2.17. The lowest BCUT2D eigenvalue weighted by Gasteiger charge is -2.01. The maximum Gasteiger partial charge on any atom is 0.257 e. The zero-order valence-electron chi connectivity index (χ0n) is 13.3. The number of amides is 2. The standard InChI is InChI=1S/C16H13BrN4O3S2/c17-11-4-1-3-10(7-11)14(23)19-15-20-21-16(26-15)25-9-13(22)18-8-12-5-2-6-24-12/h1-7H,8-9H2,(H,18,22)(H,19,20,23). The van der Waals surface area contributed by atoms with Crippen LogP contribution in [-0.2, 0) is 11.3 Å². The van der Waals surface area contributed by atoms with Crippen molar-refractivity contribution in [2.24, 2.45) is 0 Å². The van der Waals surface area contributed by atoms with Gasteiger partial charge in [-0.2, -0.15) is 0 Å². The van der Waals surface area contributed by atoms with Gasteiger partial charge in [0.2, 0.25) is 11.0 Å². The molecule has 2 amide bonds. The topological polar surface area (TPSA) is 97.1 Å². The summed E-state index contributed by atoms with van der Waals surface area (Å²) in [4.78, 5) is 24.0. The van der Waals surface area contributed by atoms with Gasteiger partial charge >= 0.3 is 0 Å². The van der Waals surface area contributed by atoms with E-state index in [0.29, 0.717) is 27.3 Å². The summed E-state index contributed by atoms with van der Waals surface area (Å²) in [5.41, 5.74) is 0.515. The van der Waals surface area contributed by atoms with Gasteiger partial charge in [-0.25, -0.2) is 0 Å². The number of nitrogens with one attached hydrogen (secondary N) is 2. The number of rotatable bonds is 7. The van der Waals surface area contributed by atoms with E-state index in [-0.39, 0.29) is 17.6 Å². The molecule has 0 radical (unpaired) electrons. The molecule has 3 aromatic rings. The normalized spacial score (nSPS) is 10.5. The van der Waals surface area contributed by atoms with Crippen molar-refractivity contribution in [2.75, 3.05) is 11.1 Å². The fraction of sp³-hybridized carbons (Fsp3) is 0.125. The SMILES string of the molecule is O=C(CSc1nnc(NC(=O)c2cccc(Br)c2)s1)NCc1ccco1. The number of hydrogen-bond acceptors (Lipinski definition) is 7. The number of aromatic nitrogens is 2. The molecule has 0 atom stereocenters. The molecule has 3 rings (SSSR count). The van der Waals surface area contributed by atoms with E-state index in [4.69, 9.17) is 4.42 Å². The van der Waals surface area contributed by atoms with E-state index >= 15 is 0 Å². The third-order valence-electron chi connectivity index (χ3n) is 3.08. The maximum atomic E-state index is 12.2. The van der Waals surface area contributed by atoms with Gasteiger partial charge in [0.25, 0.3) is 5.91 Å². The van der Waals surface area contributed by atoms with E-state index in [0.717, 1.165) is 4.47 Å². The van der Waals surface area contributed by atoms with Crippen LogP contribution in [0.1, 0.15) is 16.1 Å². The molecule has 0 unspecified atom stereocenters. The van der Waals surface area contributed by atoms with E-state index < -0.39 is 0 Å². The zero-order valence-corrected chi connectivity index (χ0v) is 16.5. The monoisotopic (exact) mass is 452 g/mol. The summed E-state index contributed by atoms with van der Waals surface area (Å²) < 4.78 is 6.56. The second kappa shape index (κ2) is 8.97. The molecule has 26 heavy (non-hydrogen) atoms. The third kappa shape index (κ3) is 5.41. The van der Waals surface area contributed by atoms with Crippen molar-refractivity contribution in [3.8, 4) is 0 Å². The summed E-state index contributed by atoms with van der Waals surface area (Å²) >= 11 is 5.80. The number of hydrogen-bond donors (Lipinski definition) is 2. The fourth-order valence-corrected chi connectivity index (χ4v) is 3.87. The lowest BCUT2D eigenvalue weighted by Crippen LogP contribution is -2.24. The van der Waals surface area contributed by atoms with Crippen LogP contribution in [0, 0.1) is 0 Å². The van der Waals surface area contributed by atoms with Gasteiger partial charge in [0.15, 0.2) is 4.34 Å². The largest absolute Gasteiger partial charge is 0.467 e. The van der Waals surface area contributed by atoms with E-state index in [1.807, 2.05) is 6.07 Å². The zero-order chi connectivity index (χ0) is 18.4. The Morgan fingerprint density at radius 3 is 2.88 bits per heavy atom. The van der Waals surface area contributed by atoms with Crippen LogP contribution in [0.25, 0.3) is 0 Å². The van der Waals surface area contributed by atoms with Crippen LogP contribution in [0.3, 0.4) is 0 Å². The highest BCUT2D eigenvalue weighted by Gasteiger charge is 2.12. The molecule has 10 heteroatoms. The van der Waals surface area contributed by atoms with Gasteiger partial charge in [0, 0.05) is 10.0 Å². The van der Waals surface area contributed by atoms with E-state index in [1.54, 1.807) is 36.6 Å². The first-order chi connectivity index (χ1) is 12.6. The third-order valence-corrected chi connectivity index (χ3v) is 5.55. The van der Waals surface area contributed by atoms with Gasteiger partial charge in [-0.05, 0) is 30.3 Å². The van der Waals surface area contributed by atoms with Crippen LogP contribution in [-0.4, -0.2) is 27.8 Å². The molecule has 134 valence electrons. The number of furan rings is 1. The smallest absolute Gasteiger partial charge is 0.257 e. The van der Waals surface area contributed by atoms with Crippen molar-refractivity contribution >= 4 is 56.0 Å². The Kier molecular flexibility index (Phi) is 6.42. The van der Waals surface area contributed by atoms with Crippen molar-refractivity contribution in [1.82, 2.24) is 15.5 Å². The van der Waals surface area contributed by atoms with Gasteiger partial charge < -0.3 is 9.73 Å². The molecule has 0 aliphatic carbocycles. The molecule has 2 aromatic heterocycles. The molecular formula is C16H13BrN4O3S2. The second-order valence-electron chi connectivity index (χ2n) is 4.98. The molecule has 2 N–H and O–H groups in total. The highest BCUT2D eigenvalue weighted by Crippen LogP contribution is 2.25. The van der Waals surface area contributed by atoms with E-state index in [1.165, 1.54) is 23.1 Å². The second-order valence-corrected chi connectivity index (χ2v) is 8.10. The summed E-state index contributed by atoms with van der Waals surface area (Å²) in [5, 5.41) is 13.7. The van der Waals surface area contributed by atoms with Crippen LogP contribution in [0.5, 0.6) is 0 Å². The van der Waals surface area contributed by atoms with Crippen molar-refractivity contribution in [3.63, 3.8) is 0 Å². The first kappa shape index (κ1) is 18.6. The molecule has 0 saturated heterocycles. The van der Waals surface area contributed by atoms with E-state index in [2.05, 4.69) is 36.8 Å².